The molecular weight excluding hydrogens is 280 g/mol. The van der Waals surface area contributed by atoms with E-state index in [2.05, 4.69) is 10.1 Å². The third kappa shape index (κ3) is 2.65. The van der Waals surface area contributed by atoms with Gasteiger partial charge in [-0.25, -0.2) is 0 Å². The third-order valence-corrected chi connectivity index (χ3v) is 3.34. The minimum Gasteiger partial charge on any atom is -0.497 e. The monoisotopic (exact) mass is 296 g/mol. The summed E-state index contributed by atoms with van der Waals surface area (Å²) in [4.78, 5) is 4.46. The number of rotatable bonds is 4. The lowest BCUT2D eigenvalue weighted by atomic mass is 10.1. The molecule has 22 heavy (non-hydrogen) atoms. The lowest BCUT2D eigenvalue weighted by Gasteiger charge is -2.06. The second kappa shape index (κ2) is 5.89. The number of aromatic nitrogens is 2. The van der Waals surface area contributed by atoms with Crippen LogP contribution in [0.3, 0.4) is 0 Å². The maximum absolute atomic E-state index is 5.38. The molecule has 0 saturated heterocycles. The molecule has 0 amide bonds. The molecule has 0 saturated carbocycles. The Morgan fingerprint density at radius 1 is 1.00 bits per heavy atom. The Balaban J connectivity index is 2.00. The summed E-state index contributed by atoms with van der Waals surface area (Å²) in [6.07, 6.45) is 0. The second-order valence-electron chi connectivity index (χ2n) is 4.86. The van der Waals surface area contributed by atoms with Gasteiger partial charge in [-0.3, -0.25) is 0 Å². The Morgan fingerprint density at radius 2 is 1.86 bits per heavy atom. The quantitative estimate of drug-likeness (QED) is 0.734. The molecule has 0 spiro atoms. The third-order valence-electron chi connectivity index (χ3n) is 3.34. The SMILES string of the molecule is COc1ccc(-c2nc(-c3cccc(C)c3)no2)c(OC)c1. The molecule has 0 fully saturated rings. The molecule has 3 aromatic rings. The van der Waals surface area contributed by atoms with Gasteiger partial charge < -0.3 is 14.0 Å². The van der Waals surface area contributed by atoms with Gasteiger partial charge in [0.2, 0.25) is 5.82 Å². The summed E-state index contributed by atoms with van der Waals surface area (Å²) in [6.45, 7) is 2.02. The highest BCUT2D eigenvalue weighted by Crippen LogP contribution is 2.33. The van der Waals surface area contributed by atoms with Crippen molar-refractivity contribution in [1.29, 1.82) is 0 Å². The summed E-state index contributed by atoms with van der Waals surface area (Å²) in [7, 11) is 3.20. The number of nitrogens with zero attached hydrogens (tertiary/aromatic N) is 2. The van der Waals surface area contributed by atoms with E-state index in [0.717, 1.165) is 16.7 Å². The van der Waals surface area contributed by atoms with Crippen LogP contribution in [0.5, 0.6) is 11.5 Å². The summed E-state index contributed by atoms with van der Waals surface area (Å²) in [5.74, 6) is 2.30. The predicted molar refractivity (Wildman–Crippen MR) is 83.0 cm³/mol. The molecule has 0 bridgehead atoms. The van der Waals surface area contributed by atoms with Gasteiger partial charge in [0.05, 0.1) is 19.8 Å². The highest BCUT2D eigenvalue weighted by Gasteiger charge is 2.15. The molecule has 0 radical (unpaired) electrons. The zero-order chi connectivity index (χ0) is 15.5. The first kappa shape index (κ1) is 14.1. The zero-order valence-corrected chi connectivity index (χ0v) is 12.7. The molecule has 0 aliphatic rings. The van der Waals surface area contributed by atoms with Crippen molar-refractivity contribution >= 4 is 0 Å². The molecular formula is C17H16N2O3. The summed E-state index contributed by atoms with van der Waals surface area (Å²) in [5, 5.41) is 4.05. The van der Waals surface area contributed by atoms with Crippen LogP contribution in [-0.4, -0.2) is 24.4 Å². The average molecular weight is 296 g/mol. The first-order valence-electron chi connectivity index (χ1n) is 6.84. The normalized spacial score (nSPS) is 10.5. The van der Waals surface area contributed by atoms with Gasteiger partial charge in [-0.15, -0.1) is 0 Å². The minimum atomic E-state index is 0.413. The number of ether oxygens (including phenoxy) is 2. The zero-order valence-electron chi connectivity index (χ0n) is 12.7. The van der Waals surface area contributed by atoms with Crippen molar-refractivity contribution in [2.75, 3.05) is 14.2 Å². The topological polar surface area (TPSA) is 57.4 Å². The molecule has 0 N–H and O–H groups in total. The molecule has 0 unspecified atom stereocenters. The van der Waals surface area contributed by atoms with E-state index in [1.54, 1.807) is 20.3 Å². The maximum Gasteiger partial charge on any atom is 0.262 e. The van der Waals surface area contributed by atoms with Gasteiger partial charge in [-0.05, 0) is 25.1 Å². The van der Waals surface area contributed by atoms with Crippen LogP contribution >= 0.6 is 0 Å². The molecule has 5 nitrogen and oxygen atoms in total. The summed E-state index contributed by atoms with van der Waals surface area (Å²) in [6, 6.07) is 13.4. The van der Waals surface area contributed by atoms with E-state index in [-0.39, 0.29) is 0 Å². The van der Waals surface area contributed by atoms with E-state index in [1.165, 1.54) is 0 Å². The van der Waals surface area contributed by atoms with Crippen LogP contribution in [0.15, 0.2) is 47.0 Å². The Labute approximate surface area is 128 Å². The fourth-order valence-corrected chi connectivity index (χ4v) is 2.21. The van der Waals surface area contributed by atoms with Crippen molar-refractivity contribution in [3.63, 3.8) is 0 Å². The van der Waals surface area contributed by atoms with Gasteiger partial charge in [0.15, 0.2) is 0 Å². The molecule has 112 valence electrons. The molecule has 1 aromatic heterocycles. The van der Waals surface area contributed by atoms with Gasteiger partial charge in [0, 0.05) is 11.6 Å². The van der Waals surface area contributed by atoms with Crippen molar-refractivity contribution in [1.82, 2.24) is 10.1 Å². The largest absolute Gasteiger partial charge is 0.497 e. The van der Waals surface area contributed by atoms with E-state index in [1.807, 2.05) is 43.3 Å². The maximum atomic E-state index is 5.38. The summed E-state index contributed by atoms with van der Waals surface area (Å²) in [5.41, 5.74) is 2.79. The fourth-order valence-electron chi connectivity index (χ4n) is 2.21. The molecule has 2 aromatic carbocycles. The van der Waals surface area contributed by atoms with Crippen LogP contribution in [-0.2, 0) is 0 Å². The van der Waals surface area contributed by atoms with Crippen LogP contribution in [0.2, 0.25) is 0 Å². The predicted octanol–water partition coefficient (Wildman–Crippen LogP) is 3.73. The Kier molecular flexibility index (Phi) is 3.78. The van der Waals surface area contributed by atoms with Gasteiger partial charge in [0.1, 0.15) is 11.5 Å². The summed E-state index contributed by atoms with van der Waals surface area (Å²) >= 11 is 0. The smallest absolute Gasteiger partial charge is 0.262 e. The number of hydrogen-bond donors (Lipinski definition) is 0. The number of methoxy groups -OCH3 is 2. The van der Waals surface area contributed by atoms with Crippen molar-refractivity contribution in [2.24, 2.45) is 0 Å². The average Bonchev–Trinajstić information content (AvgIpc) is 3.04. The summed E-state index contributed by atoms with van der Waals surface area (Å²) < 4.78 is 15.9. The molecule has 0 atom stereocenters. The van der Waals surface area contributed by atoms with Gasteiger partial charge in [-0.2, -0.15) is 4.98 Å². The lowest BCUT2D eigenvalue weighted by molar-refractivity contribution is 0.391. The van der Waals surface area contributed by atoms with E-state index in [9.17, 15) is 0 Å². The Bertz CT molecular complexity index is 796. The van der Waals surface area contributed by atoms with E-state index < -0.39 is 0 Å². The first-order chi connectivity index (χ1) is 10.7. The van der Waals surface area contributed by atoms with Crippen LogP contribution in [0, 0.1) is 6.92 Å². The molecule has 3 rings (SSSR count). The lowest BCUT2D eigenvalue weighted by Crippen LogP contribution is -1.90. The minimum absolute atomic E-state index is 0.413. The van der Waals surface area contributed by atoms with Crippen molar-refractivity contribution < 1.29 is 14.0 Å². The van der Waals surface area contributed by atoms with Gasteiger partial charge >= 0.3 is 0 Å². The molecule has 0 aliphatic heterocycles. The van der Waals surface area contributed by atoms with Crippen molar-refractivity contribution in [3.8, 4) is 34.3 Å². The number of aryl methyl sites for hydroxylation is 1. The highest BCUT2D eigenvalue weighted by atomic mass is 16.5. The second-order valence-corrected chi connectivity index (χ2v) is 4.86. The van der Waals surface area contributed by atoms with Crippen LogP contribution < -0.4 is 9.47 Å². The van der Waals surface area contributed by atoms with E-state index in [0.29, 0.717) is 23.2 Å². The standard InChI is InChI=1S/C17H16N2O3/c1-11-5-4-6-12(9-11)16-18-17(22-19-16)14-8-7-13(20-2)10-15(14)21-3/h4-10H,1-3H3. The number of benzene rings is 2. The van der Waals surface area contributed by atoms with Crippen molar-refractivity contribution in [2.45, 2.75) is 6.92 Å². The van der Waals surface area contributed by atoms with Crippen molar-refractivity contribution in [3.05, 3.63) is 48.0 Å². The Morgan fingerprint density at radius 3 is 2.59 bits per heavy atom. The van der Waals surface area contributed by atoms with Crippen LogP contribution in [0.25, 0.3) is 22.8 Å². The molecule has 1 heterocycles. The molecule has 0 aliphatic carbocycles. The first-order valence-corrected chi connectivity index (χ1v) is 6.84. The number of hydrogen-bond acceptors (Lipinski definition) is 5. The van der Waals surface area contributed by atoms with Crippen LogP contribution in [0.4, 0.5) is 0 Å². The van der Waals surface area contributed by atoms with E-state index in [4.69, 9.17) is 14.0 Å². The van der Waals surface area contributed by atoms with E-state index >= 15 is 0 Å². The van der Waals surface area contributed by atoms with Gasteiger partial charge in [-0.1, -0.05) is 28.9 Å². The Hall–Kier alpha value is -2.82. The molecule has 5 heteroatoms. The fraction of sp³-hybridized carbons (Fsp3) is 0.176. The van der Waals surface area contributed by atoms with Gasteiger partial charge in [0.25, 0.3) is 5.89 Å². The van der Waals surface area contributed by atoms with Crippen LogP contribution in [0.1, 0.15) is 5.56 Å². The highest BCUT2D eigenvalue weighted by molar-refractivity contribution is 5.66.